The molecule has 0 spiro atoms. The van der Waals surface area contributed by atoms with Crippen molar-refractivity contribution in [3.8, 4) is 5.75 Å². The van der Waals surface area contributed by atoms with Gasteiger partial charge in [0.2, 0.25) is 5.91 Å². The quantitative estimate of drug-likeness (QED) is 0.851. The molecule has 0 aliphatic carbocycles. The van der Waals surface area contributed by atoms with Crippen molar-refractivity contribution in [2.24, 2.45) is 0 Å². The van der Waals surface area contributed by atoms with Crippen LogP contribution in [-0.4, -0.2) is 42.5 Å². The molecule has 0 saturated carbocycles. The summed E-state index contributed by atoms with van der Waals surface area (Å²) in [6.45, 7) is 2.11. The van der Waals surface area contributed by atoms with Gasteiger partial charge in [-0.2, -0.15) is 0 Å². The number of aromatic amines is 1. The van der Waals surface area contributed by atoms with Gasteiger partial charge in [-0.3, -0.25) is 4.79 Å². The zero-order valence-corrected chi connectivity index (χ0v) is 13.2. The third-order valence-electron chi connectivity index (χ3n) is 4.03. The molecule has 3 rings (SSSR count). The van der Waals surface area contributed by atoms with E-state index in [0.29, 0.717) is 13.1 Å². The van der Waals surface area contributed by atoms with Crippen molar-refractivity contribution >= 4 is 12.0 Å². The molecule has 1 atom stereocenters. The van der Waals surface area contributed by atoms with Gasteiger partial charge < -0.3 is 19.9 Å². The number of hydrogen-bond acceptors (Lipinski definition) is 3. The van der Waals surface area contributed by atoms with E-state index < -0.39 is 0 Å². The zero-order chi connectivity index (χ0) is 16.1. The third kappa shape index (κ3) is 3.63. The van der Waals surface area contributed by atoms with Gasteiger partial charge in [-0.25, -0.2) is 0 Å². The molecule has 0 radical (unpaired) electrons. The van der Waals surface area contributed by atoms with Gasteiger partial charge >= 0.3 is 0 Å². The average molecular weight is 311 g/mol. The van der Waals surface area contributed by atoms with Crippen LogP contribution in [-0.2, 0) is 4.79 Å². The fourth-order valence-corrected chi connectivity index (χ4v) is 2.83. The van der Waals surface area contributed by atoms with Crippen molar-refractivity contribution in [3.63, 3.8) is 0 Å². The molecule has 1 amide bonds. The Balaban J connectivity index is 1.69. The smallest absolute Gasteiger partial charge is 0.246 e. The molecule has 1 fully saturated rings. The Morgan fingerprint density at radius 2 is 2.17 bits per heavy atom. The Morgan fingerprint density at radius 1 is 1.30 bits per heavy atom. The van der Waals surface area contributed by atoms with Crippen LogP contribution in [0.4, 0.5) is 0 Å². The Bertz CT molecular complexity index is 679. The summed E-state index contributed by atoms with van der Waals surface area (Å²) in [5.74, 6) is 0.877. The normalized spacial score (nSPS) is 18.3. The number of benzene rings is 1. The lowest BCUT2D eigenvalue weighted by Gasteiger charge is -2.34. The zero-order valence-electron chi connectivity index (χ0n) is 13.2. The van der Waals surface area contributed by atoms with Gasteiger partial charge in [0.05, 0.1) is 13.2 Å². The second kappa shape index (κ2) is 7.15. The highest BCUT2D eigenvalue weighted by molar-refractivity contribution is 5.91. The third-order valence-corrected chi connectivity index (χ3v) is 4.03. The Kier molecular flexibility index (Phi) is 4.78. The molecule has 1 aliphatic heterocycles. The summed E-state index contributed by atoms with van der Waals surface area (Å²) >= 11 is 0. The number of H-pyrrole nitrogens is 1. The molecule has 5 heteroatoms. The number of carbonyl (C=O) groups excluding carboxylic acids is 1. The highest BCUT2D eigenvalue weighted by Gasteiger charge is 2.24. The van der Waals surface area contributed by atoms with E-state index in [1.165, 1.54) is 0 Å². The van der Waals surface area contributed by atoms with Gasteiger partial charge in [0.25, 0.3) is 0 Å². The largest absolute Gasteiger partial charge is 0.496 e. The van der Waals surface area contributed by atoms with Gasteiger partial charge in [-0.1, -0.05) is 18.2 Å². The number of ether oxygens (including phenoxy) is 1. The van der Waals surface area contributed by atoms with Gasteiger partial charge in [0, 0.05) is 43.2 Å². The van der Waals surface area contributed by atoms with Crippen LogP contribution in [0.15, 0.2) is 48.7 Å². The van der Waals surface area contributed by atoms with Crippen LogP contribution in [0, 0.1) is 0 Å². The van der Waals surface area contributed by atoms with Crippen LogP contribution in [0.3, 0.4) is 0 Å². The molecule has 1 aromatic carbocycles. The molecule has 23 heavy (non-hydrogen) atoms. The van der Waals surface area contributed by atoms with Crippen LogP contribution in [0.5, 0.6) is 5.75 Å². The fourth-order valence-electron chi connectivity index (χ4n) is 2.83. The lowest BCUT2D eigenvalue weighted by atomic mass is 10.0. The summed E-state index contributed by atoms with van der Waals surface area (Å²) in [5.41, 5.74) is 2.01. The molecule has 120 valence electrons. The summed E-state index contributed by atoms with van der Waals surface area (Å²) < 4.78 is 5.43. The minimum Gasteiger partial charge on any atom is -0.496 e. The van der Waals surface area contributed by atoms with E-state index >= 15 is 0 Å². The number of amides is 1. The van der Waals surface area contributed by atoms with Crippen LogP contribution in [0.25, 0.3) is 6.08 Å². The topological polar surface area (TPSA) is 57.4 Å². The standard InChI is InChI=1S/C18H21N3O2/c1-23-17-7-3-2-6-15(17)16-13-21(12-11-20-16)18(22)9-8-14-5-4-10-19-14/h2-10,16,19-20H,11-13H2,1H3/b9-8+. The second-order valence-corrected chi connectivity index (χ2v) is 5.49. The minimum absolute atomic E-state index is 0.0287. The predicted octanol–water partition coefficient (Wildman–Crippen LogP) is 2.21. The van der Waals surface area contributed by atoms with E-state index in [1.807, 2.05) is 53.6 Å². The maximum atomic E-state index is 12.4. The number of piperazine rings is 1. The summed E-state index contributed by atoms with van der Waals surface area (Å²) in [6, 6.07) is 11.9. The second-order valence-electron chi connectivity index (χ2n) is 5.49. The van der Waals surface area contributed by atoms with Crippen LogP contribution < -0.4 is 10.1 Å². The first-order valence-corrected chi connectivity index (χ1v) is 7.74. The fraction of sp³-hybridized carbons (Fsp3) is 0.278. The minimum atomic E-state index is 0.0287. The SMILES string of the molecule is COc1ccccc1C1CN(C(=O)/C=C/c2ccc[nH]2)CCN1. The van der Waals surface area contributed by atoms with Crippen LogP contribution in [0.2, 0.25) is 0 Å². The molecule has 2 aromatic rings. The number of hydrogen-bond donors (Lipinski definition) is 2. The van der Waals surface area contributed by atoms with Gasteiger partial charge in [0.1, 0.15) is 5.75 Å². The molecule has 1 saturated heterocycles. The summed E-state index contributed by atoms with van der Waals surface area (Å²) in [5, 5.41) is 3.46. The maximum absolute atomic E-state index is 12.4. The molecule has 0 bridgehead atoms. The highest BCUT2D eigenvalue weighted by atomic mass is 16.5. The molecular formula is C18H21N3O2. The predicted molar refractivity (Wildman–Crippen MR) is 90.1 cm³/mol. The van der Waals surface area contributed by atoms with Crippen molar-refractivity contribution in [1.82, 2.24) is 15.2 Å². The first-order chi connectivity index (χ1) is 11.3. The molecule has 1 unspecified atom stereocenters. The van der Waals surface area contributed by atoms with Crippen molar-refractivity contribution in [2.45, 2.75) is 6.04 Å². The Hall–Kier alpha value is -2.53. The number of rotatable bonds is 4. The van der Waals surface area contributed by atoms with Crippen molar-refractivity contribution < 1.29 is 9.53 Å². The van der Waals surface area contributed by atoms with E-state index in [2.05, 4.69) is 10.3 Å². The molecular weight excluding hydrogens is 290 g/mol. The lowest BCUT2D eigenvalue weighted by molar-refractivity contribution is -0.127. The van der Waals surface area contributed by atoms with E-state index in [4.69, 9.17) is 4.74 Å². The van der Waals surface area contributed by atoms with Gasteiger partial charge in [0.15, 0.2) is 0 Å². The number of para-hydroxylation sites is 1. The molecule has 1 aromatic heterocycles. The van der Waals surface area contributed by atoms with Crippen LogP contribution in [0.1, 0.15) is 17.3 Å². The summed E-state index contributed by atoms with van der Waals surface area (Å²) in [7, 11) is 1.67. The Morgan fingerprint density at radius 3 is 2.96 bits per heavy atom. The summed E-state index contributed by atoms with van der Waals surface area (Å²) in [6.07, 6.45) is 5.27. The average Bonchev–Trinajstić information content (AvgIpc) is 3.13. The van der Waals surface area contributed by atoms with E-state index in [-0.39, 0.29) is 11.9 Å². The van der Waals surface area contributed by atoms with Crippen molar-refractivity contribution in [3.05, 3.63) is 59.9 Å². The number of nitrogens with one attached hydrogen (secondary N) is 2. The summed E-state index contributed by atoms with van der Waals surface area (Å²) in [4.78, 5) is 17.3. The maximum Gasteiger partial charge on any atom is 0.246 e. The molecule has 1 aliphatic rings. The van der Waals surface area contributed by atoms with Crippen molar-refractivity contribution in [1.29, 1.82) is 0 Å². The monoisotopic (exact) mass is 311 g/mol. The first kappa shape index (κ1) is 15.4. The number of methoxy groups -OCH3 is 1. The molecule has 2 N–H and O–H groups in total. The van der Waals surface area contributed by atoms with Crippen molar-refractivity contribution in [2.75, 3.05) is 26.7 Å². The highest BCUT2D eigenvalue weighted by Crippen LogP contribution is 2.26. The molecule has 2 heterocycles. The van der Waals surface area contributed by atoms with Crippen LogP contribution >= 0.6 is 0 Å². The van der Waals surface area contributed by atoms with Gasteiger partial charge in [-0.05, 0) is 24.3 Å². The van der Waals surface area contributed by atoms with E-state index in [1.54, 1.807) is 13.2 Å². The first-order valence-electron chi connectivity index (χ1n) is 7.74. The Labute approximate surface area is 136 Å². The number of carbonyl (C=O) groups is 1. The number of nitrogens with zero attached hydrogens (tertiary/aromatic N) is 1. The van der Waals surface area contributed by atoms with Gasteiger partial charge in [-0.15, -0.1) is 0 Å². The van der Waals surface area contributed by atoms with E-state index in [9.17, 15) is 4.79 Å². The van der Waals surface area contributed by atoms with E-state index in [0.717, 1.165) is 23.6 Å². The molecule has 5 nitrogen and oxygen atoms in total. The number of aromatic nitrogens is 1. The lowest BCUT2D eigenvalue weighted by Crippen LogP contribution is -2.47.